The number of nitrogens with zero attached hydrogens (tertiary/aromatic N) is 5. The van der Waals surface area contributed by atoms with Crippen molar-refractivity contribution in [3.63, 3.8) is 0 Å². The molecule has 22 heavy (non-hydrogen) atoms. The number of amides is 1. The Morgan fingerprint density at radius 3 is 2.95 bits per heavy atom. The molecule has 0 bridgehead atoms. The van der Waals surface area contributed by atoms with Gasteiger partial charge in [-0.25, -0.2) is 4.98 Å². The Kier molecular flexibility index (Phi) is 2.96. The second-order valence-electron chi connectivity index (χ2n) is 5.18. The van der Waals surface area contributed by atoms with E-state index in [4.69, 9.17) is 0 Å². The topological polar surface area (TPSA) is 79.2 Å². The van der Waals surface area contributed by atoms with E-state index in [2.05, 4.69) is 26.5 Å². The van der Waals surface area contributed by atoms with Crippen molar-refractivity contribution in [2.45, 2.75) is 6.42 Å². The number of rotatable bonds is 2. The summed E-state index contributed by atoms with van der Waals surface area (Å²) in [6, 6.07) is 3.79. The lowest BCUT2D eigenvalue weighted by molar-refractivity contribution is 0.0766. The largest absolute Gasteiger partial charge is 0.333 e. The SMILES string of the molecule is O=C(c1cn2cc(-c3cn[nH]n3)ccc2n1)N1CC=CCC1. The van der Waals surface area contributed by atoms with Crippen molar-refractivity contribution in [2.75, 3.05) is 13.1 Å². The molecule has 1 aliphatic rings. The van der Waals surface area contributed by atoms with Crippen LogP contribution < -0.4 is 0 Å². The smallest absolute Gasteiger partial charge is 0.274 e. The Morgan fingerprint density at radius 2 is 2.18 bits per heavy atom. The highest BCUT2D eigenvalue weighted by Gasteiger charge is 2.19. The van der Waals surface area contributed by atoms with E-state index < -0.39 is 0 Å². The molecule has 1 N–H and O–H groups in total. The van der Waals surface area contributed by atoms with Crippen molar-refractivity contribution >= 4 is 11.6 Å². The average Bonchev–Trinajstić information content (AvgIpc) is 3.23. The lowest BCUT2D eigenvalue weighted by Crippen LogP contribution is -2.33. The number of H-pyrrole nitrogens is 1. The first-order valence-electron chi connectivity index (χ1n) is 7.10. The fourth-order valence-electron chi connectivity index (χ4n) is 2.57. The van der Waals surface area contributed by atoms with Crippen LogP contribution in [-0.2, 0) is 0 Å². The summed E-state index contributed by atoms with van der Waals surface area (Å²) in [7, 11) is 0. The molecular weight excluding hydrogens is 280 g/mol. The second kappa shape index (κ2) is 5.10. The van der Waals surface area contributed by atoms with Crippen LogP contribution in [0, 0.1) is 0 Å². The van der Waals surface area contributed by atoms with Gasteiger partial charge in [0.1, 0.15) is 17.0 Å². The van der Waals surface area contributed by atoms with Crippen LogP contribution in [0.1, 0.15) is 16.9 Å². The normalized spacial score (nSPS) is 14.6. The molecule has 0 atom stereocenters. The van der Waals surface area contributed by atoms with Gasteiger partial charge in [0.2, 0.25) is 0 Å². The number of imidazole rings is 1. The number of aromatic amines is 1. The lowest BCUT2D eigenvalue weighted by Gasteiger charge is -2.22. The number of fused-ring (bicyclic) bond motifs is 1. The van der Waals surface area contributed by atoms with Gasteiger partial charge in [-0.15, -0.1) is 0 Å². The van der Waals surface area contributed by atoms with Crippen LogP contribution in [0.15, 0.2) is 42.9 Å². The maximum atomic E-state index is 12.5. The number of hydrogen-bond donors (Lipinski definition) is 1. The summed E-state index contributed by atoms with van der Waals surface area (Å²) in [5, 5.41) is 10.5. The van der Waals surface area contributed by atoms with E-state index in [1.54, 1.807) is 17.3 Å². The maximum Gasteiger partial charge on any atom is 0.274 e. The first kappa shape index (κ1) is 12.8. The van der Waals surface area contributed by atoms with Gasteiger partial charge in [-0.05, 0) is 18.6 Å². The van der Waals surface area contributed by atoms with Crippen molar-refractivity contribution < 1.29 is 4.79 Å². The van der Waals surface area contributed by atoms with E-state index >= 15 is 0 Å². The monoisotopic (exact) mass is 294 g/mol. The van der Waals surface area contributed by atoms with Gasteiger partial charge >= 0.3 is 0 Å². The summed E-state index contributed by atoms with van der Waals surface area (Å²) in [6.07, 6.45) is 10.3. The molecule has 1 amide bonds. The van der Waals surface area contributed by atoms with Crippen LogP contribution in [-0.4, -0.2) is 48.7 Å². The van der Waals surface area contributed by atoms with Crippen molar-refractivity contribution in [3.8, 4) is 11.3 Å². The maximum absolute atomic E-state index is 12.5. The first-order chi connectivity index (χ1) is 10.8. The van der Waals surface area contributed by atoms with Gasteiger partial charge in [-0.1, -0.05) is 12.2 Å². The van der Waals surface area contributed by atoms with Crippen molar-refractivity contribution in [1.82, 2.24) is 29.7 Å². The van der Waals surface area contributed by atoms with Gasteiger partial charge in [0.05, 0.1) is 6.20 Å². The number of carbonyl (C=O) groups excluding carboxylic acids is 1. The quantitative estimate of drug-likeness (QED) is 0.727. The molecule has 0 saturated carbocycles. The van der Waals surface area contributed by atoms with Gasteiger partial charge in [0.25, 0.3) is 5.91 Å². The fourth-order valence-corrected chi connectivity index (χ4v) is 2.57. The molecule has 0 fully saturated rings. The van der Waals surface area contributed by atoms with E-state index in [-0.39, 0.29) is 5.91 Å². The minimum absolute atomic E-state index is 0.0314. The predicted octanol–water partition coefficient (Wildman–Crippen LogP) is 1.52. The number of hydrogen-bond acceptors (Lipinski definition) is 4. The number of nitrogens with one attached hydrogen (secondary N) is 1. The highest BCUT2D eigenvalue weighted by Crippen LogP contribution is 2.17. The summed E-state index contributed by atoms with van der Waals surface area (Å²) >= 11 is 0. The molecule has 0 unspecified atom stereocenters. The molecule has 3 aromatic rings. The van der Waals surface area contributed by atoms with Gasteiger partial charge in [0.15, 0.2) is 0 Å². The third kappa shape index (κ3) is 2.16. The Labute approximate surface area is 126 Å². The van der Waals surface area contributed by atoms with Crippen molar-refractivity contribution in [3.05, 3.63) is 48.6 Å². The zero-order valence-electron chi connectivity index (χ0n) is 11.8. The summed E-state index contributed by atoms with van der Waals surface area (Å²) in [4.78, 5) is 18.7. The fraction of sp³-hybridized carbons (Fsp3) is 0.200. The Bertz CT molecular complexity index is 848. The van der Waals surface area contributed by atoms with Crippen LogP contribution in [0.2, 0.25) is 0 Å². The molecule has 110 valence electrons. The molecule has 3 aromatic heterocycles. The standard InChI is InChI=1S/C15H14N6O/c22-15(20-6-2-1-3-7-20)13-10-21-9-11(4-5-14(21)17-13)12-8-16-19-18-12/h1-2,4-5,8-10H,3,6-7H2,(H,16,18,19). The van der Waals surface area contributed by atoms with Crippen LogP contribution in [0.3, 0.4) is 0 Å². The molecule has 0 spiro atoms. The van der Waals surface area contributed by atoms with Gasteiger partial charge in [-0.2, -0.15) is 15.4 Å². The van der Waals surface area contributed by atoms with Crippen LogP contribution >= 0.6 is 0 Å². The molecule has 0 radical (unpaired) electrons. The van der Waals surface area contributed by atoms with E-state index in [9.17, 15) is 4.79 Å². The van der Waals surface area contributed by atoms with Crippen LogP contribution in [0.4, 0.5) is 0 Å². The zero-order chi connectivity index (χ0) is 14.9. The van der Waals surface area contributed by atoms with Crippen LogP contribution in [0.25, 0.3) is 16.9 Å². The second-order valence-corrected chi connectivity index (χ2v) is 5.18. The molecule has 1 aliphatic heterocycles. The highest BCUT2D eigenvalue weighted by atomic mass is 16.2. The van der Waals surface area contributed by atoms with E-state index in [0.29, 0.717) is 12.2 Å². The summed E-state index contributed by atoms with van der Waals surface area (Å²) < 4.78 is 1.84. The first-order valence-corrected chi connectivity index (χ1v) is 7.10. The molecule has 0 saturated heterocycles. The van der Waals surface area contributed by atoms with Crippen molar-refractivity contribution in [2.24, 2.45) is 0 Å². The van der Waals surface area contributed by atoms with E-state index in [1.165, 1.54) is 0 Å². The minimum Gasteiger partial charge on any atom is -0.333 e. The molecule has 7 nitrogen and oxygen atoms in total. The molecular formula is C15H14N6O. The van der Waals surface area contributed by atoms with Gasteiger partial charge < -0.3 is 9.30 Å². The number of pyridine rings is 1. The molecule has 0 aliphatic carbocycles. The molecule has 4 heterocycles. The van der Waals surface area contributed by atoms with E-state index in [1.807, 2.05) is 28.8 Å². The molecule has 7 heteroatoms. The predicted molar refractivity (Wildman–Crippen MR) is 80.2 cm³/mol. The Morgan fingerprint density at radius 1 is 1.23 bits per heavy atom. The summed E-state index contributed by atoms with van der Waals surface area (Å²) in [5.41, 5.74) is 2.87. The Balaban J connectivity index is 1.68. The van der Waals surface area contributed by atoms with Gasteiger partial charge in [-0.3, -0.25) is 4.79 Å². The third-order valence-electron chi connectivity index (χ3n) is 3.73. The zero-order valence-corrected chi connectivity index (χ0v) is 11.8. The Hall–Kier alpha value is -2.96. The highest BCUT2D eigenvalue weighted by molar-refractivity contribution is 5.93. The van der Waals surface area contributed by atoms with Crippen LogP contribution in [0.5, 0.6) is 0 Å². The van der Waals surface area contributed by atoms with Gasteiger partial charge in [0, 0.05) is 31.0 Å². The lowest BCUT2D eigenvalue weighted by atomic mass is 10.2. The molecule has 4 rings (SSSR count). The number of carbonyl (C=O) groups is 1. The molecule has 0 aromatic carbocycles. The van der Waals surface area contributed by atoms with Crippen molar-refractivity contribution in [1.29, 1.82) is 0 Å². The average molecular weight is 294 g/mol. The third-order valence-corrected chi connectivity index (χ3v) is 3.73. The number of aromatic nitrogens is 5. The van der Waals surface area contributed by atoms with E-state index in [0.717, 1.165) is 29.9 Å². The summed E-state index contributed by atoms with van der Waals surface area (Å²) in [6.45, 7) is 1.39. The summed E-state index contributed by atoms with van der Waals surface area (Å²) in [5.74, 6) is -0.0314. The minimum atomic E-state index is -0.0314.